The van der Waals surface area contributed by atoms with E-state index in [4.69, 9.17) is 14.5 Å². The van der Waals surface area contributed by atoms with Crippen LogP contribution in [0.3, 0.4) is 0 Å². The molecule has 1 fully saturated rings. The van der Waals surface area contributed by atoms with Gasteiger partial charge in [-0.3, -0.25) is 4.90 Å². The fourth-order valence-corrected chi connectivity index (χ4v) is 6.23. The summed E-state index contributed by atoms with van der Waals surface area (Å²) in [5.74, 6) is 2.48. The molecule has 0 bridgehead atoms. The Morgan fingerprint density at radius 2 is 1.79 bits per heavy atom. The highest BCUT2D eigenvalue weighted by molar-refractivity contribution is 7.89. The van der Waals surface area contributed by atoms with Crippen LogP contribution in [-0.4, -0.2) is 54.1 Å². The van der Waals surface area contributed by atoms with Crippen molar-refractivity contribution in [1.82, 2.24) is 18.8 Å². The highest BCUT2D eigenvalue weighted by atomic mass is 32.2. The van der Waals surface area contributed by atoms with Crippen molar-refractivity contribution in [3.63, 3.8) is 0 Å². The van der Waals surface area contributed by atoms with Crippen molar-refractivity contribution in [2.75, 3.05) is 26.9 Å². The molecule has 2 aliphatic rings. The molecule has 1 saturated heterocycles. The fraction of sp³-hybridized carbons (Fsp3) is 0.458. The van der Waals surface area contributed by atoms with E-state index in [1.54, 1.807) is 16.4 Å². The van der Waals surface area contributed by atoms with Gasteiger partial charge in [-0.15, -0.1) is 0 Å². The number of aromatic nitrogens is 2. The highest BCUT2D eigenvalue weighted by Gasteiger charge is 2.27. The molecular weight excluding hydrogens is 440 g/mol. The molecule has 0 spiro atoms. The summed E-state index contributed by atoms with van der Waals surface area (Å²) in [6, 6.07) is 11.3. The first kappa shape index (κ1) is 22.2. The fourth-order valence-electron chi connectivity index (χ4n) is 4.70. The van der Waals surface area contributed by atoms with Crippen LogP contribution in [-0.2, 0) is 29.7 Å². The van der Waals surface area contributed by atoms with Gasteiger partial charge in [-0.1, -0.05) is 12.5 Å². The van der Waals surface area contributed by atoms with Crippen molar-refractivity contribution in [2.45, 2.75) is 50.7 Å². The minimum absolute atomic E-state index is 0.268. The van der Waals surface area contributed by atoms with E-state index in [-0.39, 0.29) is 6.79 Å². The number of benzene rings is 2. The summed E-state index contributed by atoms with van der Waals surface area (Å²) < 4.78 is 40.9. The van der Waals surface area contributed by atoms with Crippen molar-refractivity contribution in [3.05, 3.63) is 47.8 Å². The molecule has 5 rings (SSSR count). The van der Waals surface area contributed by atoms with Crippen LogP contribution in [0.2, 0.25) is 0 Å². The number of hydrogen-bond donors (Lipinski definition) is 0. The van der Waals surface area contributed by atoms with Gasteiger partial charge in [0.25, 0.3) is 0 Å². The van der Waals surface area contributed by atoms with Crippen molar-refractivity contribution < 1.29 is 17.9 Å². The maximum absolute atomic E-state index is 13.1. The van der Waals surface area contributed by atoms with Gasteiger partial charge in [0.1, 0.15) is 5.82 Å². The van der Waals surface area contributed by atoms with E-state index < -0.39 is 10.0 Å². The molecule has 33 heavy (non-hydrogen) atoms. The van der Waals surface area contributed by atoms with Gasteiger partial charge in [-0.05, 0) is 62.7 Å². The van der Waals surface area contributed by atoms with Gasteiger partial charge in [0.2, 0.25) is 16.8 Å². The molecule has 0 saturated carbocycles. The summed E-state index contributed by atoms with van der Waals surface area (Å²) in [5.41, 5.74) is 2.82. The number of piperidine rings is 1. The first-order chi connectivity index (χ1) is 16.0. The number of sulfonamides is 1. The van der Waals surface area contributed by atoms with E-state index in [1.165, 1.54) is 0 Å². The van der Waals surface area contributed by atoms with Crippen molar-refractivity contribution >= 4 is 21.1 Å². The van der Waals surface area contributed by atoms with Crippen LogP contribution in [0.4, 0.5) is 0 Å². The Bertz CT molecular complexity index is 1260. The zero-order valence-corrected chi connectivity index (χ0v) is 20.0. The molecule has 1 aromatic heterocycles. The molecule has 0 N–H and O–H groups in total. The first-order valence-corrected chi connectivity index (χ1v) is 13.0. The van der Waals surface area contributed by atoms with Gasteiger partial charge in [-0.25, -0.2) is 13.4 Å². The molecule has 0 aliphatic carbocycles. The number of aryl methyl sites for hydroxylation is 1. The molecule has 2 aliphatic heterocycles. The van der Waals surface area contributed by atoms with Crippen LogP contribution in [0.25, 0.3) is 11.0 Å². The third-order valence-corrected chi connectivity index (χ3v) is 8.26. The molecule has 0 atom stereocenters. The lowest BCUT2D eigenvalue weighted by atomic mass is 10.2. The van der Waals surface area contributed by atoms with Crippen LogP contribution in [0.5, 0.6) is 11.5 Å². The number of imidazole rings is 1. The lowest BCUT2D eigenvalue weighted by molar-refractivity contribution is 0.174. The Morgan fingerprint density at radius 3 is 2.58 bits per heavy atom. The van der Waals surface area contributed by atoms with Crippen LogP contribution >= 0.6 is 0 Å². The van der Waals surface area contributed by atoms with Gasteiger partial charge >= 0.3 is 0 Å². The minimum Gasteiger partial charge on any atom is -0.454 e. The van der Waals surface area contributed by atoms with Gasteiger partial charge in [0, 0.05) is 26.2 Å². The van der Waals surface area contributed by atoms with Crippen LogP contribution in [0.15, 0.2) is 41.3 Å². The third-order valence-electron chi connectivity index (χ3n) is 6.37. The zero-order chi connectivity index (χ0) is 23.0. The second kappa shape index (κ2) is 8.96. The molecule has 2 aromatic carbocycles. The average Bonchev–Trinajstić information content (AvgIpc) is 3.42. The highest BCUT2D eigenvalue weighted by Crippen LogP contribution is 2.33. The molecule has 3 heterocycles. The standard InChI is InChI=1S/C24H30N4O4S/c1-3-28-21-9-8-19(33(29,30)27-11-5-4-6-12-27)14-20(21)25-24(28)16-26(2)15-18-7-10-22-23(13-18)32-17-31-22/h7-10,13-14H,3-6,11-12,15-17H2,1-2H3. The summed E-state index contributed by atoms with van der Waals surface area (Å²) in [6.07, 6.45) is 2.94. The van der Waals surface area contributed by atoms with Crippen LogP contribution < -0.4 is 9.47 Å². The normalized spacial score (nSPS) is 16.7. The molecule has 3 aromatic rings. The number of nitrogens with zero attached hydrogens (tertiary/aromatic N) is 4. The molecule has 0 unspecified atom stereocenters. The summed E-state index contributed by atoms with van der Waals surface area (Å²) in [6.45, 7) is 5.69. The molecule has 176 valence electrons. The summed E-state index contributed by atoms with van der Waals surface area (Å²) in [7, 11) is -1.43. The maximum Gasteiger partial charge on any atom is 0.243 e. The van der Waals surface area contributed by atoms with E-state index in [0.717, 1.165) is 66.3 Å². The van der Waals surface area contributed by atoms with Gasteiger partial charge < -0.3 is 14.0 Å². The molecular formula is C24H30N4O4S. The van der Waals surface area contributed by atoms with Gasteiger partial charge in [0.05, 0.1) is 22.5 Å². The zero-order valence-electron chi connectivity index (χ0n) is 19.2. The predicted octanol–water partition coefficient (Wildman–Crippen LogP) is 3.59. The van der Waals surface area contributed by atoms with Crippen molar-refractivity contribution in [1.29, 1.82) is 0 Å². The van der Waals surface area contributed by atoms with Crippen molar-refractivity contribution in [3.8, 4) is 11.5 Å². The summed E-state index contributed by atoms with van der Waals surface area (Å²) in [4.78, 5) is 7.36. The monoisotopic (exact) mass is 470 g/mol. The SMILES string of the molecule is CCn1c(CN(C)Cc2ccc3c(c2)OCO3)nc2cc(S(=O)(=O)N3CCCCC3)ccc21. The molecule has 9 heteroatoms. The molecule has 8 nitrogen and oxygen atoms in total. The Hall–Kier alpha value is -2.62. The van der Waals surface area contributed by atoms with E-state index in [0.29, 0.717) is 24.5 Å². The third kappa shape index (κ3) is 4.32. The Labute approximate surface area is 194 Å². The van der Waals surface area contributed by atoms with Gasteiger partial charge in [-0.2, -0.15) is 4.31 Å². The van der Waals surface area contributed by atoms with Crippen molar-refractivity contribution in [2.24, 2.45) is 0 Å². The Balaban J connectivity index is 1.37. The topological polar surface area (TPSA) is 76.9 Å². The molecule has 0 amide bonds. The predicted molar refractivity (Wildman–Crippen MR) is 126 cm³/mol. The van der Waals surface area contributed by atoms with E-state index in [9.17, 15) is 8.42 Å². The van der Waals surface area contributed by atoms with Gasteiger partial charge in [0.15, 0.2) is 11.5 Å². The minimum atomic E-state index is -3.48. The maximum atomic E-state index is 13.1. The van der Waals surface area contributed by atoms with Crippen LogP contribution in [0, 0.1) is 0 Å². The lowest BCUT2D eigenvalue weighted by Gasteiger charge is -2.25. The quantitative estimate of drug-likeness (QED) is 0.525. The Kier molecular flexibility index (Phi) is 6.03. The van der Waals surface area contributed by atoms with E-state index >= 15 is 0 Å². The lowest BCUT2D eigenvalue weighted by Crippen LogP contribution is -2.35. The second-order valence-corrected chi connectivity index (χ2v) is 10.7. The smallest absolute Gasteiger partial charge is 0.243 e. The number of fused-ring (bicyclic) bond motifs is 2. The number of hydrogen-bond acceptors (Lipinski definition) is 6. The first-order valence-electron chi connectivity index (χ1n) is 11.5. The summed E-state index contributed by atoms with van der Waals surface area (Å²) >= 11 is 0. The Morgan fingerprint density at radius 1 is 1.00 bits per heavy atom. The summed E-state index contributed by atoms with van der Waals surface area (Å²) in [5, 5.41) is 0. The van der Waals surface area contributed by atoms with Crippen LogP contribution in [0.1, 0.15) is 37.6 Å². The number of ether oxygens (including phenoxy) is 2. The largest absolute Gasteiger partial charge is 0.454 e. The molecule has 0 radical (unpaired) electrons. The van der Waals surface area contributed by atoms with E-state index in [1.807, 2.05) is 24.3 Å². The average molecular weight is 471 g/mol. The van der Waals surface area contributed by atoms with E-state index in [2.05, 4.69) is 23.4 Å². The second-order valence-electron chi connectivity index (χ2n) is 8.75. The number of rotatable bonds is 7.